The van der Waals surface area contributed by atoms with Gasteiger partial charge in [0.05, 0.1) is 0 Å². The highest BCUT2D eigenvalue weighted by Crippen LogP contribution is 2.35. The van der Waals surface area contributed by atoms with Gasteiger partial charge in [0.1, 0.15) is 6.04 Å². The van der Waals surface area contributed by atoms with Crippen LogP contribution in [0.15, 0.2) is 0 Å². The van der Waals surface area contributed by atoms with Crippen LogP contribution < -0.4 is 10.6 Å². The van der Waals surface area contributed by atoms with Crippen molar-refractivity contribution in [3.8, 4) is 0 Å². The second kappa shape index (κ2) is 6.90. The molecule has 0 aromatic heterocycles. The Morgan fingerprint density at radius 2 is 2.15 bits per heavy atom. The van der Waals surface area contributed by atoms with Gasteiger partial charge in [0.25, 0.3) is 0 Å². The van der Waals surface area contributed by atoms with Crippen LogP contribution in [0.3, 0.4) is 0 Å². The van der Waals surface area contributed by atoms with Crippen LogP contribution in [0.4, 0.5) is 0 Å². The molecule has 0 radical (unpaired) electrons. The van der Waals surface area contributed by atoms with Gasteiger partial charge in [0.15, 0.2) is 0 Å². The molecule has 2 aliphatic rings. The van der Waals surface area contributed by atoms with Crippen molar-refractivity contribution < 1.29 is 4.79 Å². The van der Waals surface area contributed by atoms with Gasteiger partial charge in [-0.15, -0.1) is 0 Å². The highest BCUT2D eigenvalue weighted by Gasteiger charge is 2.35. The molecule has 0 bridgehead atoms. The van der Waals surface area contributed by atoms with Crippen molar-refractivity contribution in [2.24, 2.45) is 5.41 Å². The van der Waals surface area contributed by atoms with Gasteiger partial charge in [-0.05, 0) is 38.0 Å². The van der Waals surface area contributed by atoms with Gasteiger partial charge in [-0.1, -0.05) is 20.3 Å². The average Bonchev–Trinajstić information content (AvgIpc) is 2.60. The van der Waals surface area contributed by atoms with E-state index in [9.17, 15) is 4.79 Å². The Morgan fingerprint density at radius 3 is 2.90 bits per heavy atom. The first-order valence-electron chi connectivity index (χ1n) is 8.28. The van der Waals surface area contributed by atoms with E-state index in [1.807, 2.05) is 6.92 Å². The Morgan fingerprint density at radius 1 is 1.35 bits per heavy atom. The van der Waals surface area contributed by atoms with Crippen molar-refractivity contribution in [1.29, 1.82) is 0 Å². The first-order chi connectivity index (χ1) is 9.53. The van der Waals surface area contributed by atoms with Crippen molar-refractivity contribution >= 4 is 5.91 Å². The Hall–Kier alpha value is -0.610. The Bertz CT molecular complexity index is 330. The highest BCUT2D eigenvalue weighted by atomic mass is 16.2. The molecule has 2 fully saturated rings. The Kier molecular flexibility index (Phi) is 5.44. The second-order valence-electron chi connectivity index (χ2n) is 7.10. The average molecular weight is 281 g/mol. The van der Waals surface area contributed by atoms with Crippen LogP contribution in [-0.2, 0) is 4.79 Å². The van der Waals surface area contributed by atoms with Gasteiger partial charge in [-0.2, -0.15) is 0 Å². The second-order valence-corrected chi connectivity index (χ2v) is 7.10. The topological polar surface area (TPSA) is 44.4 Å². The number of likely N-dealkylation sites (N-methyl/N-ethyl adjacent to an activating group) is 1. The van der Waals surface area contributed by atoms with E-state index in [1.165, 1.54) is 32.1 Å². The van der Waals surface area contributed by atoms with E-state index in [0.29, 0.717) is 11.5 Å². The lowest BCUT2D eigenvalue weighted by Crippen LogP contribution is -2.60. The van der Waals surface area contributed by atoms with Crippen LogP contribution in [-0.4, -0.2) is 49.1 Å². The fourth-order valence-corrected chi connectivity index (χ4v) is 3.67. The molecule has 4 nitrogen and oxygen atoms in total. The van der Waals surface area contributed by atoms with Crippen molar-refractivity contribution in [3.63, 3.8) is 0 Å². The van der Waals surface area contributed by atoms with E-state index in [0.717, 1.165) is 26.2 Å². The fourth-order valence-electron chi connectivity index (χ4n) is 3.67. The number of nitrogens with zero attached hydrogens (tertiary/aromatic N) is 1. The number of hydrogen-bond donors (Lipinski definition) is 2. The minimum atomic E-state index is 0.0231. The largest absolute Gasteiger partial charge is 0.355 e. The maximum absolute atomic E-state index is 12.3. The molecule has 1 aliphatic heterocycles. The van der Waals surface area contributed by atoms with Gasteiger partial charge in [-0.3, -0.25) is 9.69 Å². The number of rotatable bonds is 3. The van der Waals surface area contributed by atoms with Crippen LogP contribution in [0.1, 0.15) is 52.9 Å². The van der Waals surface area contributed by atoms with Gasteiger partial charge in [0, 0.05) is 32.2 Å². The molecular formula is C16H31N3O. The number of carbonyl (C=O) groups excluding carboxylic acids is 1. The molecule has 1 saturated heterocycles. The van der Waals surface area contributed by atoms with E-state index in [4.69, 9.17) is 0 Å². The number of carbonyl (C=O) groups is 1. The van der Waals surface area contributed by atoms with Gasteiger partial charge >= 0.3 is 0 Å². The highest BCUT2D eigenvalue weighted by molar-refractivity contribution is 5.82. The van der Waals surface area contributed by atoms with Crippen molar-refractivity contribution in [3.05, 3.63) is 0 Å². The van der Waals surface area contributed by atoms with Crippen LogP contribution in [0, 0.1) is 5.41 Å². The fraction of sp³-hybridized carbons (Fsp3) is 0.938. The molecule has 0 spiro atoms. The molecule has 4 heteroatoms. The number of amides is 1. The summed E-state index contributed by atoms with van der Waals surface area (Å²) < 4.78 is 0. The molecule has 2 rings (SSSR count). The smallest absolute Gasteiger partial charge is 0.238 e. The predicted octanol–water partition coefficient (Wildman–Crippen LogP) is 1.76. The van der Waals surface area contributed by atoms with Gasteiger partial charge in [-0.25, -0.2) is 0 Å². The SMILES string of the molecule is CCNC(=O)C1CNCCN1C1CCCC(C)(C)CC1. The van der Waals surface area contributed by atoms with E-state index < -0.39 is 0 Å². The molecule has 2 unspecified atom stereocenters. The Labute approximate surface area is 123 Å². The lowest BCUT2D eigenvalue weighted by molar-refractivity contribution is -0.128. The minimum Gasteiger partial charge on any atom is -0.355 e. The summed E-state index contributed by atoms with van der Waals surface area (Å²) in [6.07, 6.45) is 6.39. The predicted molar refractivity (Wildman–Crippen MR) is 82.7 cm³/mol. The van der Waals surface area contributed by atoms with Crippen molar-refractivity contribution in [1.82, 2.24) is 15.5 Å². The molecule has 2 atom stereocenters. The lowest BCUT2D eigenvalue weighted by atomic mass is 9.85. The third-order valence-corrected chi connectivity index (χ3v) is 4.95. The third kappa shape index (κ3) is 3.95. The van der Waals surface area contributed by atoms with Crippen LogP contribution in [0.5, 0.6) is 0 Å². The zero-order valence-corrected chi connectivity index (χ0v) is 13.4. The summed E-state index contributed by atoms with van der Waals surface area (Å²) in [5, 5.41) is 6.37. The van der Waals surface area contributed by atoms with E-state index >= 15 is 0 Å². The summed E-state index contributed by atoms with van der Waals surface area (Å²) in [6, 6.07) is 0.612. The lowest BCUT2D eigenvalue weighted by Gasteiger charge is -2.40. The number of hydrogen-bond acceptors (Lipinski definition) is 3. The van der Waals surface area contributed by atoms with Crippen molar-refractivity contribution in [2.45, 2.75) is 65.0 Å². The van der Waals surface area contributed by atoms with Crippen LogP contribution in [0.2, 0.25) is 0 Å². The molecule has 0 aromatic rings. The zero-order valence-electron chi connectivity index (χ0n) is 13.4. The summed E-state index contributed by atoms with van der Waals surface area (Å²) in [7, 11) is 0. The molecule has 0 aromatic carbocycles. The minimum absolute atomic E-state index is 0.0231. The van der Waals surface area contributed by atoms with E-state index in [2.05, 4.69) is 29.4 Å². The summed E-state index contributed by atoms with van der Waals surface area (Å²) in [5.74, 6) is 0.197. The quantitative estimate of drug-likeness (QED) is 0.775. The number of nitrogens with one attached hydrogen (secondary N) is 2. The molecular weight excluding hydrogens is 250 g/mol. The monoisotopic (exact) mass is 281 g/mol. The van der Waals surface area contributed by atoms with E-state index in [1.54, 1.807) is 0 Å². The molecule has 1 heterocycles. The van der Waals surface area contributed by atoms with Crippen LogP contribution in [0.25, 0.3) is 0 Å². The summed E-state index contributed by atoms with van der Waals surface area (Å²) in [5.41, 5.74) is 0.476. The summed E-state index contributed by atoms with van der Waals surface area (Å²) in [6.45, 7) is 10.3. The molecule has 1 aliphatic carbocycles. The first kappa shape index (κ1) is 15.8. The van der Waals surface area contributed by atoms with Crippen molar-refractivity contribution in [2.75, 3.05) is 26.2 Å². The zero-order chi connectivity index (χ0) is 14.6. The standard InChI is InChI=1S/C16H31N3O/c1-4-18-15(20)14-12-17-10-11-19(14)13-6-5-8-16(2,3)9-7-13/h13-14,17H,4-12H2,1-3H3,(H,18,20). The maximum atomic E-state index is 12.3. The van der Waals surface area contributed by atoms with E-state index in [-0.39, 0.29) is 11.9 Å². The maximum Gasteiger partial charge on any atom is 0.238 e. The molecule has 2 N–H and O–H groups in total. The van der Waals surface area contributed by atoms with Crippen LogP contribution >= 0.6 is 0 Å². The third-order valence-electron chi connectivity index (χ3n) is 4.95. The van der Waals surface area contributed by atoms with Gasteiger partial charge < -0.3 is 10.6 Å². The molecule has 116 valence electrons. The summed E-state index contributed by atoms with van der Waals surface area (Å²) in [4.78, 5) is 14.7. The molecule has 1 saturated carbocycles. The summed E-state index contributed by atoms with van der Waals surface area (Å²) >= 11 is 0. The van der Waals surface area contributed by atoms with Gasteiger partial charge in [0.2, 0.25) is 5.91 Å². The normalized spacial score (nSPS) is 31.6. The Balaban J connectivity index is 2.02. The first-order valence-corrected chi connectivity index (χ1v) is 8.28. The number of piperazine rings is 1. The molecule has 20 heavy (non-hydrogen) atoms. The molecule has 1 amide bonds.